The van der Waals surface area contributed by atoms with Crippen molar-refractivity contribution < 1.29 is 29.3 Å². The summed E-state index contributed by atoms with van der Waals surface area (Å²) in [7, 11) is 0. The van der Waals surface area contributed by atoms with Crippen LogP contribution in [0.25, 0.3) is 0 Å². The van der Waals surface area contributed by atoms with Gasteiger partial charge >= 0.3 is 0 Å². The van der Waals surface area contributed by atoms with Crippen LogP contribution in [0, 0.1) is 0 Å². The maximum Gasteiger partial charge on any atom is 0.146 e. The van der Waals surface area contributed by atoms with Crippen molar-refractivity contribution in [2.24, 2.45) is 0 Å². The second-order valence-electron chi connectivity index (χ2n) is 0.934. The smallest absolute Gasteiger partial charge is 0.146 e. The minimum absolute atomic E-state index is 0. The molecule has 0 saturated carbocycles. The van der Waals surface area contributed by atoms with E-state index in [1.165, 1.54) is 0 Å². The zero-order chi connectivity index (χ0) is 3.54. The molecule has 0 aromatic rings. The van der Waals surface area contributed by atoms with Gasteiger partial charge < -0.3 is 9.47 Å². The van der Waals surface area contributed by atoms with E-state index < -0.39 is 0 Å². The van der Waals surface area contributed by atoms with Gasteiger partial charge in [-0.15, -0.1) is 0 Å². The van der Waals surface area contributed by atoms with Gasteiger partial charge in [-0.05, 0) is 0 Å². The Morgan fingerprint density at radius 3 is 1.67 bits per heavy atom. The Kier molecular flexibility index (Phi) is 4.08. The van der Waals surface area contributed by atoms with E-state index in [2.05, 4.69) is 0 Å². The monoisotopic (exact) mass is 266 g/mol. The SMILES string of the molecule is C1COCO1.[Os]. The van der Waals surface area contributed by atoms with Crippen molar-refractivity contribution in [3.05, 3.63) is 0 Å². The molecule has 0 aliphatic carbocycles. The first-order chi connectivity index (χ1) is 2.50. The predicted octanol–water partition coefficient (Wildman–Crippen LogP) is -0.0118. The van der Waals surface area contributed by atoms with Crippen molar-refractivity contribution in [3.63, 3.8) is 0 Å². The Hall–Kier alpha value is 0.556. The molecule has 38 valence electrons. The summed E-state index contributed by atoms with van der Waals surface area (Å²) >= 11 is 0. The summed E-state index contributed by atoms with van der Waals surface area (Å²) in [6.07, 6.45) is 0. The van der Waals surface area contributed by atoms with Crippen LogP contribution in [0.15, 0.2) is 0 Å². The predicted molar refractivity (Wildman–Crippen MR) is 16.8 cm³/mol. The van der Waals surface area contributed by atoms with Gasteiger partial charge in [-0.2, -0.15) is 0 Å². The molecule has 1 aliphatic heterocycles. The molecular formula is C3H6O2Os. The second-order valence-corrected chi connectivity index (χ2v) is 0.934. The first-order valence-corrected chi connectivity index (χ1v) is 1.65. The molecule has 0 bridgehead atoms. The van der Waals surface area contributed by atoms with Gasteiger partial charge in [0, 0.05) is 19.8 Å². The summed E-state index contributed by atoms with van der Waals surface area (Å²) in [5.74, 6) is 0. The molecule has 1 fully saturated rings. The van der Waals surface area contributed by atoms with E-state index in [1.54, 1.807) is 0 Å². The van der Waals surface area contributed by atoms with Crippen molar-refractivity contribution in [1.29, 1.82) is 0 Å². The summed E-state index contributed by atoms with van der Waals surface area (Å²) < 4.78 is 9.44. The van der Waals surface area contributed by atoms with E-state index in [0.29, 0.717) is 6.79 Å². The third-order valence-corrected chi connectivity index (χ3v) is 0.539. The molecule has 1 saturated heterocycles. The Balaban J connectivity index is 0.000000250. The standard InChI is InChI=1S/C3H6O2.Os/c1-2-5-3-4-1;/h1-3H2;. The van der Waals surface area contributed by atoms with E-state index in [0.717, 1.165) is 13.2 Å². The van der Waals surface area contributed by atoms with Crippen LogP contribution < -0.4 is 0 Å². The summed E-state index contributed by atoms with van der Waals surface area (Å²) in [6.45, 7) is 2.06. The van der Waals surface area contributed by atoms with Crippen molar-refractivity contribution in [3.8, 4) is 0 Å². The van der Waals surface area contributed by atoms with E-state index in [-0.39, 0.29) is 19.8 Å². The van der Waals surface area contributed by atoms with E-state index in [1.807, 2.05) is 0 Å². The number of hydrogen-bond donors (Lipinski definition) is 0. The van der Waals surface area contributed by atoms with Crippen LogP contribution in [-0.4, -0.2) is 20.0 Å². The van der Waals surface area contributed by atoms with Crippen molar-refractivity contribution in [1.82, 2.24) is 0 Å². The summed E-state index contributed by atoms with van der Waals surface area (Å²) in [6, 6.07) is 0. The molecule has 1 heterocycles. The normalized spacial score (nSPS) is 20.0. The minimum Gasteiger partial charge on any atom is -0.353 e. The van der Waals surface area contributed by atoms with Gasteiger partial charge in [-0.25, -0.2) is 0 Å². The van der Waals surface area contributed by atoms with Crippen LogP contribution in [0.4, 0.5) is 0 Å². The fourth-order valence-corrected chi connectivity index (χ4v) is 0.295. The fourth-order valence-electron chi connectivity index (χ4n) is 0.295. The molecule has 0 N–H and O–H groups in total. The van der Waals surface area contributed by atoms with Gasteiger partial charge in [0.25, 0.3) is 0 Å². The van der Waals surface area contributed by atoms with Crippen LogP contribution in [0.2, 0.25) is 0 Å². The molecule has 1 rings (SSSR count). The van der Waals surface area contributed by atoms with Gasteiger partial charge in [0.1, 0.15) is 6.79 Å². The summed E-state index contributed by atoms with van der Waals surface area (Å²) in [4.78, 5) is 0. The Labute approximate surface area is 49.9 Å². The number of hydrogen-bond acceptors (Lipinski definition) is 2. The van der Waals surface area contributed by atoms with E-state index >= 15 is 0 Å². The van der Waals surface area contributed by atoms with Crippen LogP contribution in [0.3, 0.4) is 0 Å². The molecule has 0 amide bonds. The van der Waals surface area contributed by atoms with Crippen LogP contribution in [0.5, 0.6) is 0 Å². The molecule has 0 unspecified atom stereocenters. The summed E-state index contributed by atoms with van der Waals surface area (Å²) in [5.41, 5.74) is 0. The van der Waals surface area contributed by atoms with Crippen molar-refractivity contribution >= 4 is 0 Å². The van der Waals surface area contributed by atoms with Gasteiger partial charge in [0.05, 0.1) is 13.2 Å². The topological polar surface area (TPSA) is 18.5 Å². The molecule has 3 heteroatoms. The van der Waals surface area contributed by atoms with Crippen LogP contribution in [0.1, 0.15) is 0 Å². The first-order valence-electron chi connectivity index (χ1n) is 1.65. The van der Waals surface area contributed by atoms with Crippen molar-refractivity contribution in [2.45, 2.75) is 0 Å². The average Bonchev–Trinajstić information content (AvgIpc) is 1.76. The maximum atomic E-state index is 4.72. The third-order valence-electron chi connectivity index (χ3n) is 0.539. The van der Waals surface area contributed by atoms with Gasteiger partial charge in [-0.3, -0.25) is 0 Å². The molecule has 0 aromatic heterocycles. The van der Waals surface area contributed by atoms with E-state index in [9.17, 15) is 0 Å². The largest absolute Gasteiger partial charge is 0.353 e. The molecule has 0 aromatic carbocycles. The first kappa shape index (κ1) is 6.56. The zero-order valence-corrected chi connectivity index (χ0v) is 5.83. The third kappa shape index (κ3) is 1.87. The molecular weight excluding hydrogens is 258 g/mol. The molecule has 0 atom stereocenters. The fraction of sp³-hybridized carbons (Fsp3) is 1.00. The number of ether oxygens (including phenoxy) is 2. The average molecular weight is 264 g/mol. The van der Waals surface area contributed by atoms with E-state index in [4.69, 9.17) is 9.47 Å². The molecule has 0 radical (unpaired) electrons. The molecule has 2 nitrogen and oxygen atoms in total. The van der Waals surface area contributed by atoms with Crippen LogP contribution in [-0.2, 0) is 29.3 Å². The van der Waals surface area contributed by atoms with Crippen LogP contribution >= 0.6 is 0 Å². The summed E-state index contributed by atoms with van der Waals surface area (Å²) in [5, 5.41) is 0. The molecule has 6 heavy (non-hydrogen) atoms. The van der Waals surface area contributed by atoms with Crippen molar-refractivity contribution in [2.75, 3.05) is 20.0 Å². The zero-order valence-electron chi connectivity index (χ0n) is 3.29. The van der Waals surface area contributed by atoms with Gasteiger partial charge in [0.15, 0.2) is 0 Å². The second kappa shape index (κ2) is 3.74. The maximum absolute atomic E-state index is 4.72. The van der Waals surface area contributed by atoms with Gasteiger partial charge in [-0.1, -0.05) is 0 Å². The van der Waals surface area contributed by atoms with Gasteiger partial charge in [0.2, 0.25) is 0 Å². The molecule has 1 aliphatic rings. The Bertz CT molecular complexity index is 20.4. The number of rotatable bonds is 0. The quantitative estimate of drug-likeness (QED) is 0.612. The Morgan fingerprint density at radius 2 is 1.50 bits per heavy atom. The minimum atomic E-state index is 0. The molecule has 0 spiro atoms. The Morgan fingerprint density at radius 1 is 1.00 bits per heavy atom.